The Bertz CT molecular complexity index is 488. The molecule has 0 N–H and O–H groups in total. The molecule has 0 heterocycles. The normalized spacial score (nSPS) is 43.6. The highest BCUT2D eigenvalue weighted by Gasteiger charge is 2.69. The zero-order valence-corrected chi connectivity index (χ0v) is 13.9. The number of ether oxygens (including phenoxy) is 1. The standard InChI is InChI=1S/C18H28O2/c1-8-10-14-15(16(19)20-9-2)18(7)12(4)11(3)17(14,6)13(18)5/h8,10,13-15H,9H2,1-7H3/b10-8+. The lowest BCUT2D eigenvalue weighted by Crippen LogP contribution is -2.39. The average Bonchev–Trinajstić information content (AvgIpc) is 2.65. The number of hydrogen-bond acceptors (Lipinski definition) is 2. The van der Waals surface area contributed by atoms with Gasteiger partial charge in [0, 0.05) is 11.3 Å². The van der Waals surface area contributed by atoms with Crippen LogP contribution in [0.2, 0.25) is 0 Å². The zero-order valence-electron chi connectivity index (χ0n) is 13.9. The van der Waals surface area contributed by atoms with Crippen LogP contribution >= 0.6 is 0 Å². The maximum Gasteiger partial charge on any atom is 0.310 e. The summed E-state index contributed by atoms with van der Waals surface area (Å²) in [6, 6.07) is 0. The van der Waals surface area contributed by atoms with Crippen LogP contribution in [-0.4, -0.2) is 12.6 Å². The van der Waals surface area contributed by atoms with Gasteiger partial charge in [0.05, 0.1) is 12.5 Å². The highest BCUT2D eigenvalue weighted by molar-refractivity contribution is 5.77. The van der Waals surface area contributed by atoms with Crippen molar-refractivity contribution in [1.29, 1.82) is 0 Å². The van der Waals surface area contributed by atoms with Crippen molar-refractivity contribution in [2.45, 2.75) is 48.5 Å². The second-order valence-electron chi connectivity index (χ2n) is 6.82. The van der Waals surface area contributed by atoms with Gasteiger partial charge in [-0.3, -0.25) is 4.79 Å². The van der Waals surface area contributed by atoms with E-state index >= 15 is 0 Å². The molecule has 0 radical (unpaired) electrons. The van der Waals surface area contributed by atoms with Crippen molar-refractivity contribution in [2.24, 2.45) is 28.6 Å². The molecular weight excluding hydrogens is 248 g/mol. The summed E-state index contributed by atoms with van der Waals surface area (Å²) in [4.78, 5) is 12.6. The lowest BCUT2D eigenvalue weighted by Gasteiger charge is -2.39. The van der Waals surface area contributed by atoms with Crippen LogP contribution in [-0.2, 0) is 9.53 Å². The smallest absolute Gasteiger partial charge is 0.310 e. The third-order valence-electron chi connectivity index (χ3n) is 6.62. The molecule has 0 aliphatic heterocycles. The number of carbonyl (C=O) groups is 1. The molecule has 20 heavy (non-hydrogen) atoms. The van der Waals surface area contributed by atoms with E-state index in [0.717, 1.165) is 0 Å². The average molecular weight is 276 g/mol. The first-order chi connectivity index (χ1) is 9.27. The Hall–Kier alpha value is -1.05. The maximum atomic E-state index is 12.6. The molecule has 2 rings (SSSR count). The second-order valence-corrected chi connectivity index (χ2v) is 6.82. The number of hydrogen-bond donors (Lipinski definition) is 0. The molecule has 2 aliphatic carbocycles. The third kappa shape index (κ3) is 1.54. The van der Waals surface area contributed by atoms with Crippen LogP contribution in [0.15, 0.2) is 23.3 Å². The van der Waals surface area contributed by atoms with Gasteiger partial charge in [-0.25, -0.2) is 0 Å². The van der Waals surface area contributed by atoms with E-state index < -0.39 is 0 Å². The van der Waals surface area contributed by atoms with Crippen molar-refractivity contribution in [2.75, 3.05) is 6.61 Å². The summed E-state index contributed by atoms with van der Waals surface area (Å²) in [7, 11) is 0. The topological polar surface area (TPSA) is 26.3 Å². The lowest BCUT2D eigenvalue weighted by atomic mass is 9.65. The summed E-state index contributed by atoms with van der Waals surface area (Å²) >= 11 is 0. The molecule has 2 bridgehead atoms. The summed E-state index contributed by atoms with van der Waals surface area (Å²) in [6.07, 6.45) is 4.31. The molecule has 1 saturated carbocycles. The van der Waals surface area contributed by atoms with E-state index in [1.165, 1.54) is 11.1 Å². The molecule has 0 aromatic heterocycles. The molecule has 2 heteroatoms. The van der Waals surface area contributed by atoms with Gasteiger partial charge in [-0.15, -0.1) is 0 Å². The van der Waals surface area contributed by atoms with Crippen LogP contribution in [0.3, 0.4) is 0 Å². The highest BCUT2D eigenvalue weighted by Crippen LogP contribution is 2.72. The van der Waals surface area contributed by atoms with Crippen LogP contribution in [0.5, 0.6) is 0 Å². The molecule has 112 valence electrons. The third-order valence-corrected chi connectivity index (χ3v) is 6.62. The molecule has 0 spiro atoms. The minimum Gasteiger partial charge on any atom is -0.466 e. The predicted molar refractivity (Wildman–Crippen MR) is 82.2 cm³/mol. The van der Waals surface area contributed by atoms with Crippen LogP contribution < -0.4 is 0 Å². The second kappa shape index (κ2) is 4.75. The first kappa shape index (κ1) is 15.3. The molecule has 0 aromatic carbocycles. The number of esters is 1. The van der Waals surface area contributed by atoms with Gasteiger partial charge in [0.1, 0.15) is 0 Å². The molecule has 5 unspecified atom stereocenters. The largest absolute Gasteiger partial charge is 0.466 e. The SMILES string of the molecule is C/C=C/C1C(C(=O)OCC)C2(C)C(C)=C(C)C1(C)C2C. The van der Waals surface area contributed by atoms with E-state index in [-0.39, 0.29) is 28.6 Å². The van der Waals surface area contributed by atoms with Gasteiger partial charge in [-0.1, -0.05) is 44.1 Å². The van der Waals surface area contributed by atoms with Gasteiger partial charge in [0.25, 0.3) is 0 Å². The van der Waals surface area contributed by atoms with E-state index in [1.54, 1.807) is 0 Å². The van der Waals surface area contributed by atoms with Gasteiger partial charge in [0.2, 0.25) is 0 Å². The molecular formula is C18H28O2. The quantitative estimate of drug-likeness (QED) is 0.565. The minimum atomic E-state index is -0.0741. The fraction of sp³-hybridized carbons (Fsp3) is 0.722. The van der Waals surface area contributed by atoms with E-state index in [4.69, 9.17) is 4.74 Å². The molecule has 2 nitrogen and oxygen atoms in total. The molecule has 2 aliphatic rings. The van der Waals surface area contributed by atoms with E-state index in [9.17, 15) is 4.79 Å². The van der Waals surface area contributed by atoms with Crippen LogP contribution in [0.4, 0.5) is 0 Å². The zero-order chi connectivity index (χ0) is 15.3. The molecule has 0 saturated heterocycles. The van der Waals surface area contributed by atoms with Crippen molar-refractivity contribution in [3.63, 3.8) is 0 Å². The van der Waals surface area contributed by atoms with Gasteiger partial charge in [0.15, 0.2) is 0 Å². The van der Waals surface area contributed by atoms with Gasteiger partial charge in [-0.2, -0.15) is 0 Å². The molecule has 1 fully saturated rings. The summed E-state index contributed by atoms with van der Waals surface area (Å²) in [5, 5.41) is 0. The van der Waals surface area contributed by atoms with Crippen molar-refractivity contribution >= 4 is 5.97 Å². The first-order valence-electron chi connectivity index (χ1n) is 7.75. The van der Waals surface area contributed by atoms with Gasteiger partial charge < -0.3 is 4.74 Å². The van der Waals surface area contributed by atoms with Crippen LogP contribution in [0.25, 0.3) is 0 Å². The Morgan fingerprint density at radius 3 is 2.30 bits per heavy atom. The Kier molecular flexibility index (Phi) is 3.64. The Morgan fingerprint density at radius 2 is 1.80 bits per heavy atom. The van der Waals surface area contributed by atoms with Crippen LogP contribution in [0, 0.1) is 28.6 Å². The number of rotatable bonds is 3. The maximum absolute atomic E-state index is 12.6. The Labute approximate surface area is 123 Å². The summed E-state index contributed by atoms with van der Waals surface area (Å²) < 4.78 is 5.40. The van der Waals surface area contributed by atoms with Crippen molar-refractivity contribution in [3.05, 3.63) is 23.3 Å². The minimum absolute atomic E-state index is 0.0273. The van der Waals surface area contributed by atoms with E-state index in [1.807, 2.05) is 13.8 Å². The Balaban J connectivity index is 2.60. The summed E-state index contributed by atoms with van der Waals surface area (Å²) in [5.41, 5.74) is 2.86. The lowest BCUT2D eigenvalue weighted by molar-refractivity contribution is -0.152. The van der Waals surface area contributed by atoms with Gasteiger partial charge in [-0.05, 0) is 39.0 Å². The fourth-order valence-corrected chi connectivity index (χ4v) is 4.98. The van der Waals surface area contributed by atoms with Crippen molar-refractivity contribution < 1.29 is 9.53 Å². The fourth-order valence-electron chi connectivity index (χ4n) is 4.98. The van der Waals surface area contributed by atoms with E-state index in [2.05, 4.69) is 46.8 Å². The van der Waals surface area contributed by atoms with Gasteiger partial charge >= 0.3 is 5.97 Å². The molecule has 5 atom stereocenters. The molecule has 0 amide bonds. The van der Waals surface area contributed by atoms with Crippen molar-refractivity contribution in [3.8, 4) is 0 Å². The molecule has 0 aromatic rings. The predicted octanol–water partition coefficient (Wildman–Crippen LogP) is 4.37. The highest BCUT2D eigenvalue weighted by atomic mass is 16.5. The Morgan fingerprint density at radius 1 is 1.25 bits per heavy atom. The van der Waals surface area contributed by atoms with Crippen molar-refractivity contribution in [1.82, 2.24) is 0 Å². The summed E-state index contributed by atoms with van der Waals surface area (Å²) in [5.74, 6) is 0.628. The first-order valence-corrected chi connectivity index (χ1v) is 7.75. The monoisotopic (exact) mass is 276 g/mol. The number of allylic oxidation sites excluding steroid dienone is 4. The number of carbonyl (C=O) groups excluding carboxylic acids is 1. The van der Waals surface area contributed by atoms with E-state index in [0.29, 0.717) is 12.5 Å². The summed E-state index contributed by atoms with van der Waals surface area (Å²) in [6.45, 7) is 15.7. The van der Waals surface area contributed by atoms with Crippen LogP contribution in [0.1, 0.15) is 48.5 Å². The number of fused-ring (bicyclic) bond motifs is 2.